The van der Waals surface area contributed by atoms with Crippen molar-refractivity contribution in [3.63, 3.8) is 0 Å². The van der Waals surface area contributed by atoms with Crippen LogP contribution in [0.15, 0.2) is 10.7 Å². The van der Waals surface area contributed by atoms with Crippen LogP contribution in [0.3, 0.4) is 0 Å². The molecule has 0 atom stereocenters. The molecule has 0 saturated heterocycles. The van der Waals surface area contributed by atoms with Crippen molar-refractivity contribution in [2.24, 2.45) is 0 Å². The molecule has 2 aromatic heterocycles. The Balaban J connectivity index is 2.21. The number of carbonyl (C=O) groups is 1. The molecule has 5 nitrogen and oxygen atoms in total. The summed E-state index contributed by atoms with van der Waals surface area (Å²) in [7, 11) is -1.09. The van der Waals surface area contributed by atoms with Crippen LogP contribution in [0.5, 0.6) is 0 Å². The maximum atomic E-state index is 11.1. The standard InChI is InChI=1S/C14H20BrN3O2Si/c1-10-13(15)14-11(12(8-19)17-10)7-16-18(14)9-20-5-6-21(2,3)4/h7-8H,5-6,9H2,1-4H3. The summed E-state index contributed by atoms with van der Waals surface area (Å²) in [6, 6.07) is 1.12. The number of aldehydes is 1. The van der Waals surface area contributed by atoms with E-state index in [-0.39, 0.29) is 0 Å². The first-order chi connectivity index (χ1) is 9.83. The molecule has 0 unspecified atom stereocenters. The van der Waals surface area contributed by atoms with Crippen LogP contribution in [0.2, 0.25) is 25.7 Å². The van der Waals surface area contributed by atoms with E-state index in [0.717, 1.165) is 40.0 Å². The zero-order valence-electron chi connectivity index (χ0n) is 12.8. The number of nitrogens with zero attached hydrogens (tertiary/aromatic N) is 3. The Morgan fingerprint density at radius 1 is 1.43 bits per heavy atom. The molecule has 0 aliphatic rings. The number of fused-ring (bicyclic) bond motifs is 1. The normalized spacial score (nSPS) is 12.0. The monoisotopic (exact) mass is 369 g/mol. The van der Waals surface area contributed by atoms with Gasteiger partial charge in [0.2, 0.25) is 0 Å². The van der Waals surface area contributed by atoms with Crippen molar-refractivity contribution >= 4 is 41.2 Å². The van der Waals surface area contributed by atoms with E-state index < -0.39 is 8.07 Å². The van der Waals surface area contributed by atoms with E-state index in [9.17, 15) is 4.79 Å². The highest BCUT2D eigenvalue weighted by molar-refractivity contribution is 9.10. The van der Waals surface area contributed by atoms with Crippen LogP contribution in [0.4, 0.5) is 0 Å². The highest BCUT2D eigenvalue weighted by Crippen LogP contribution is 2.27. The number of rotatable bonds is 6. The van der Waals surface area contributed by atoms with Gasteiger partial charge in [0.05, 0.1) is 27.3 Å². The number of ether oxygens (including phenoxy) is 1. The first kappa shape index (κ1) is 16.3. The van der Waals surface area contributed by atoms with Crippen LogP contribution in [0, 0.1) is 6.92 Å². The third kappa shape index (κ3) is 3.78. The van der Waals surface area contributed by atoms with Gasteiger partial charge in [0.15, 0.2) is 6.29 Å². The van der Waals surface area contributed by atoms with Gasteiger partial charge >= 0.3 is 0 Å². The Morgan fingerprint density at radius 2 is 2.14 bits per heavy atom. The number of aryl methyl sites for hydroxylation is 1. The van der Waals surface area contributed by atoms with Gasteiger partial charge in [0.25, 0.3) is 0 Å². The first-order valence-corrected chi connectivity index (χ1v) is 11.4. The van der Waals surface area contributed by atoms with E-state index in [2.05, 4.69) is 45.7 Å². The molecule has 21 heavy (non-hydrogen) atoms. The number of pyridine rings is 1. The van der Waals surface area contributed by atoms with E-state index in [1.54, 1.807) is 10.9 Å². The first-order valence-electron chi connectivity index (χ1n) is 6.88. The van der Waals surface area contributed by atoms with Crippen LogP contribution in [0.1, 0.15) is 16.2 Å². The molecule has 0 bridgehead atoms. The quantitative estimate of drug-likeness (QED) is 0.443. The average Bonchev–Trinajstić information content (AvgIpc) is 2.82. The van der Waals surface area contributed by atoms with Crippen molar-refractivity contribution in [2.45, 2.75) is 39.3 Å². The lowest BCUT2D eigenvalue weighted by Crippen LogP contribution is -2.22. The van der Waals surface area contributed by atoms with Gasteiger partial charge in [0.1, 0.15) is 12.4 Å². The topological polar surface area (TPSA) is 57.0 Å². The minimum absolute atomic E-state index is 0.383. The lowest BCUT2D eigenvalue weighted by molar-refractivity contribution is 0.0816. The van der Waals surface area contributed by atoms with Gasteiger partial charge in [-0.2, -0.15) is 5.10 Å². The molecule has 0 aromatic carbocycles. The number of hydrogen-bond donors (Lipinski definition) is 0. The van der Waals surface area contributed by atoms with Crippen molar-refractivity contribution in [3.05, 3.63) is 22.1 Å². The largest absolute Gasteiger partial charge is 0.360 e. The van der Waals surface area contributed by atoms with Crippen LogP contribution in [-0.2, 0) is 11.5 Å². The summed E-state index contributed by atoms with van der Waals surface area (Å²) in [5, 5.41) is 5.06. The molecular formula is C14H20BrN3O2Si. The molecule has 2 aromatic rings. The second kappa shape index (κ2) is 6.37. The van der Waals surface area contributed by atoms with E-state index in [0.29, 0.717) is 12.4 Å². The van der Waals surface area contributed by atoms with Crippen LogP contribution < -0.4 is 0 Å². The summed E-state index contributed by atoms with van der Waals surface area (Å²) < 4.78 is 8.36. The summed E-state index contributed by atoms with van der Waals surface area (Å²) in [6.45, 7) is 9.94. The lowest BCUT2D eigenvalue weighted by Gasteiger charge is -2.15. The molecule has 0 aliphatic carbocycles. The molecule has 0 aliphatic heterocycles. The van der Waals surface area contributed by atoms with E-state index >= 15 is 0 Å². The molecule has 0 spiro atoms. The predicted molar refractivity (Wildman–Crippen MR) is 89.5 cm³/mol. The summed E-state index contributed by atoms with van der Waals surface area (Å²) in [5.74, 6) is 0. The Labute approximate surface area is 133 Å². The van der Waals surface area contributed by atoms with Crippen LogP contribution in [-0.4, -0.2) is 35.7 Å². The third-order valence-corrected chi connectivity index (χ3v) is 5.90. The molecule has 2 heterocycles. The van der Waals surface area contributed by atoms with Crippen LogP contribution >= 0.6 is 15.9 Å². The Bertz CT molecular complexity index is 664. The van der Waals surface area contributed by atoms with E-state index in [1.165, 1.54) is 0 Å². The highest BCUT2D eigenvalue weighted by atomic mass is 79.9. The molecular weight excluding hydrogens is 350 g/mol. The molecule has 0 fully saturated rings. The fraction of sp³-hybridized carbons (Fsp3) is 0.500. The van der Waals surface area contributed by atoms with Crippen molar-refractivity contribution in [1.82, 2.24) is 14.8 Å². The molecule has 0 amide bonds. The van der Waals surface area contributed by atoms with Crippen LogP contribution in [0.25, 0.3) is 10.9 Å². The molecule has 0 radical (unpaired) electrons. The fourth-order valence-corrected chi connectivity index (χ4v) is 3.25. The Hall–Kier alpha value is -1.05. The molecule has 114 valence electrons. The van der Waals surface area contributed by atoms with Crippen molar-refractivity contribution in [2.75, 3.05) is 6.61 Å². The van der Waals surface area contributed by atoms with Gasteiger partial charge < -0.3 is 4.74 Å². The summed E-state index contributed by atoms with van der Waals surface area (Å²) in [6.07, 6.45) is 2.43. The highest BCUT2D eigenvalue weighted by Gasteiger charge is 2.15. The zero-order valence-corrected chi connectivity index (χ0v) is 15.4. The second-order valence-corrected chi connectivity index (χ2v) is 12.7. The average molecular weight is 370 g/mol. The SMILES string of the molecule is Cc1nc(C=O)c2cnn(COCC[Si](C)(C)C)c2c1Br. The predicted octanol–water partition coefficient (Wildman–Crippen LogP) is 3.63. The van der Waals surface area contributed by atoms with Gasteiger partial charge in [-0.05, 0) is 28.9 Å². The van der Waals surface area contributed by atoms with Gasteiger partial charge in [-0.1, -0.05) is 19.6 Å². The molecule has 2 rings (SSSR count). The number of hydrogen-bond acceptors (Lipinski definition) is 4. The minimum atomic E-state index is -1.09. The molecule has 7 heteroatoms. The minimum Gasteiger partial charge on any atom is -0.360 e. The molecule has 0 saturated carbocycles. The van der Waals surface area contributed by atoms with Gasteiger partial charge in [0, 0.05) is 14.7 Å². The fourth-order valence-electron chi connectivity index (χ4n) is 1.98. The Kier molecular flexibility index (Phi) is 4.95. The summed E-state index contributed by atoms with van der Waals surface area (Å²) >= 11 is 3.53. The van der Waals surface area contributed by atoms with Crippen molar-refractivity contribution in [1.29, 1.82) is 0 Å². The van der Waals surface area contributed by atoms with E-state index in [1.807, 2.05) is 6.92 Å². The number of aromatic nitrogens is 3. The Morgan fingerprint density at radius 3 is 2.76 bits per heavy atom. The van der Waals surface area contributed by atoms with E-state index in [4.69, 9.17) is 4.74 Å². The molecule has 0 N–H and O–H groups in total. The number of carbonyl (C=O) groups excluding carboxylic acids is 1. The van der Waals surface area contributed by atoms with Crippen molar-refractivity contribution < 1.29 is 9.53 Å². The maximum absolute atomic E-state index is 11.1. The van der Waals surface area contributed by atoms with Gasteiger partial charge in [-0.15, -0.1) is 0 Å². The maximum Gasteiger partial charge on any atom is 0.169 e. The number of halogens is 1. The second-order valence-electron chi connectivity index (χ2n) is 6.27. The van der Waals surface area contributed by atoms with Crippen molar-refractivity contribution in [3.8, 4) is 0 Å². The van der Waals surface area contributed by atoms with Gasteiger partial charge in [-0.25, -0.2) is 9.67 Å². The van der Waals surface area contributed by atoms with Gasteiger partial charge in [-0.3, -0.25) is 4.79 Å². The summed E-state index contributed by atoms with van der Waals surface area (Å²) in [5.41, 5.74) is 2.05. The smallest absolute Gasteiger partial charge is 0.169 e. The lowest BCUT2D eigenvalue weighted by atomic mass is 10.2. The summed E-state index contributed by atoms with van der Waals surface area (Å²) in [4.78, 5) is 15.4. The zero-order chi connectivity index (χ0) is 15.6. The third-order valence-electron chi connectivity index (χ3n) is 3.25.